The Labute approximate surface area is 165 Å². The number of nitrogens with zero attached hydrogens (tertiary/aromatic N) is 3. The van der Waals surface area contributed by atoms with Crippen molar-refractivity contribution in [2.75, 3.05) is 7.11 Å². The molecule has 0 unspecified atom stereocenters. The summed E-state index contributed by atoms with van der Waals surface area (Å²) < 4.78 is 47.0. The van der Waals surface area contributed by atoms with Crippen LogP contribution in [0.5, 0.6) is 5.75 Å². The van der Waals surface area contributed by atoms with Gasteiger partial charge >= 0.3 is 6.18 Å². The molecule has 28 heavy (non-hydrogen) atoms. The Morgan fingerprint density at radius 3 is 2.54 bits per heavy atom. The second-order valence-corrected chi connectivity index (χ2v) is 6.30. The van der Waals surface area contributed by atoms with Gasteiger partial charge in [0.2, 0.25) is 0 Å². The molecule has 8 heteroatoms. The first-order chi connectivity index (χ1) is 13.4. The van der Waals surface area contributed by atoms with Crippen molar-refractivity contribution in [3.63, 3.8) is 0 Å². The molecule has 0 saturated heterocycles. The third-order valence-corrected chi connectivity index (χ3v) is 4.25. The van der Waals surface area contributed by atoms with Crippen LogP contribution in [0.4, 0.5) is 18.9 Å². The molecule has 1 heterocycles. The topological polar surface area (TPSA) is 39.4 Å². The maximum absolute atomic E-state index is 13.4. The fourth-order valence-corrected chi connectivity index (χ4v) is 2.93. The number of alkyl halides is 3. The minimum atomic E-state index is -4.48. The molecule has 0 N–H and O–H groups in total. The molecule has 3 rings (SSSR count). The van der Waals surface area contributed by atoms with Gasteiger partial charge in [-0.1, -0.05) is 18.2 Å². The van der Waals surface area contributed by atoms with Gasteiger partial charge in [-0.3, -0.25) is 4.68 Å². The smallest absolute Gasteiger partial charge is 0.416 e. The molecular weight excluding hydrogens is 387 g/mol. The van der Waals surface area contributed by atoms with E-state index in [2.05, 4.69) is 27.5 Å². The van der Waals surface area contributed by atoms with Crippen molar-refractivity contribution in [1.82, 2.24) is 9.78 Å². The average Bonchev–Trinajstić information content (AvgIpc) is 3.10. The highest BCUT2D eigenvalue weighted by Crippen LogP contribution is 2.35. The van der Waals surface area contributed by atoms with Crippen LogP contribution in [-0.4, -0.2) is 22.1 Å². The average molecular weight is 403 g/mol. The van der Waals surface area contributed by atoms with E-state index in [1.165, 1.54) is 12.1 Å². The number of methoxy groups -OCH3 is 1. The number of isothiocyanates is 1. The fraction of sp³-hybridized carbons (Fsp3) is 0.200. The molecular formula is C20H16F3N3OS. The normalized spacial score (nSPS) is 11.1. The maximum atomic E-state index is 13.4. The molecule has 0 radical (unpaired) electrons. The summed E-state index contributed by atoms with van der Waals surface area (Å²) >= 11 is 4.46. The fourth-order valence-electron chi connectivity index (χ4n) is 2.83. The second kappa shape index (κ2) is 8.37. The molecule has 0 atom stereocenters. The van der Waals surface area contributed by atoms with Crippen LogP contribution >= 0.6 is 12.2 Å². The van der Waals surface area contributed by atoms with Gasteiger partial charge < -0.3 is 4.74 Å². The first-order valence-corrected chi connectivity index (χ1v) is 8.72. The number of halogens is 3. The molecule has 1 aromatic heterocycles. The molecule has 0 aliphatic rings. The van der Waals surface area contributed by atoms with E-state index in [0.29, 0.717) is 12.1 Å². The second-order valence-electron chi connectivity index (χ2n) is 6.11. The van der Waals surface area contributed by atoms with E-state index in [1.807, 2.05) is 24.3 Å². The largest absolute Gasteiger partial charge is 0.497 e. The summed E-state index contributed by atoms with van der Waals surface area (Å²) in [5.41, 5.74) is 1.24. The Bertz CT molecular complexity index is 1010. The molecule has 0 saturated carbocycles. The molecule has 144 valence electrons. The number of aromatic nitrogens is 2. The Balaban J connectivity index is 1.79. The third kappa shape index (κ3) is 4.85. The summed E-state index contributed by atoms with van der Waals surface area (Å²) in [5, 5.41) is 6.34. The highest BCUT2D eigenvalue weighted by atomic mass is 32.1. The number of ether oxygens (including phenoxy) is 1. The summed E-state index contributed by atoms with van der Waals surface area (Å²) in [6.07, 6.45) is -1.05. The van der Waals surface area contributed by atoms with E-state index in [1.54, 1.807) is 24.2 Å². The summed E-state index contributed by atoms with van der Waals surface area (Å²) in [6, 6.07) is 11.4. The lowest BCUT2D eigenvalue weighted by Crippen LogP contribution is -2.09. The summed E-state index contributed by atoms with van der Waals surface area (Å²) in [7, 11) is 1.60. The lowest BCUT2D eigenvalue weighted by Gasteiger charge is -2.12. The van der Waals surface area contributed by atoms with Gasteiger partial charge in [-0.25, -0.2) is 0 Å². The van der Waals surface area contributed by atoms with Crippen molar-refractivity contribution < 1.29 is 17.9 Å². The Kier molecular flexibility index (Phi) is 5.92. The Morgan fingerprint density at radius 2 is 1.89 bits per heavy atom. The first-order valence-electron chi connectivity index (χ1n) is 8.31. The number of thiocarbonyl (C=S) groups is 1. The first kappa shape index (κ1) is 19.8. The number of hydrogen-bond donors (Lipinski definition) is 0. The zero-order valence-electron chi connectivity index (χ0n) is 14.9. The van der Waals surface area contributed by atoms with Crippen molar-refractivity contribution in [3.8, 4) is 5.75 Å². The standard InChI is InChI=1S/C20H16F3N3OS/c1-27-18-6-2-14(3-7-18)11-26-12-15(10-25-26)8-16-4-5-17(24-13-28)9-19(16)20(21,22)23/h2-7,9-10,12H,8,11H2,1H3. The van der Waals surface area contributed by atoms with Crippen LogP contribution < -0.4 is 4.74 Å². The monoisotopic (exact) mass is 403 g/mol. The van der Waals surface area contributed by atoms with Crippen molar-refractivity contribution in [1.29, 1.82) is 0 Å². The number of aliphatic imine (C=N–C) groups is 1. The van der Waals surface area contributed by atoms with Crippen LogP contribution in [-0.2, 0) is 19.1 Å². The number of rotatable bonds is 6. The van der Waals surface area contributed by atoms with Gasteiger partial charge in [0.15, 0.2) is 0 Å². The molecule has 0 fully saturated rings. The summed E-state index contributed by atoms with van der Waals surface area (Å²) in [4.78, 5) is 3.63. The summed E-state index contributed by atoms with van der Waals surface area (Å²) in [5.74, 6) is 0.756. The molecule has 0 spiro atoms. The van der Waals surface area contributed by atoms with Gasteiger partial charge in [0.1, 0.15) is 5.75 Å². The van der Waals surface area contributed by atoms with Crippen LogP contribution in [0.2, 0.25) is 0 Å². The van der Waals surface area contributed by atoms with Gasteiger partial charge in [-0.2, -0.15) is 23.3 Å². The van der Waals surface area contributed by atoms with Crippen LogP contribution in [0.3, 0.4) is 0 Å². The molecule has 0 aliphatic carbocycles. The predicted molar refractivity (Wildman–Crippen MR) is 103 cm³/mol. The van der Waals surface area contributed by atoms with E-state index in [0.717, 1.165) is 17.4 Å². The highest BCUT2D eigenvalue weighted by Gasteiger charge is 2.33. The molecule has 3 aromatic rings. The van der Waals surface area contributed by atoms with Crippen molar-refractivity contribution in [2.24, 2.45) is 4.99 Å². The van der Waals surface area contributed by atoms with Crippen molar-refractivity contribution in [3.05, 3.63) is 77.1 Å². The van der Waals surface area contributed by atoms with Gasteiger partial charge in [-0.15, -0.1) is 0 Å². The molecule has 0 aliphatic heterocycles. The molecule has 2 aromatic carbocycles. The maximum Gasteiger partial charge on any atom is 0.416 e. The van der Waals surface area contributed by atoms with E-state index >= 15 is 0 Å². The van der Waals surface area contributed by atoms with E-state index in [9.17, 15) is 13.2 Å². The SMILES string of the molecule is COc1ccc(Cn2cc(Cc3ccc(N=C=S)cc3C(F)(F)F)cn2)cc1. The van der Waals surface area contributed by atoms with Crippen molar-refractivity contribution >= 4 is 23.1 Å². The Hall–Kier alpha value is -2.96. The van der Waals surface area contributed by atoms with E-state index in [4.69, 9.17) is 4.74 Å². The quantitative estimate of drug-likeness (QED) is 0.415. The van der Waals surface area contributed by atoms with Crippen LogP contribution in [0.1, 0.15) is 22.3 Å². The Morgan fingerprint density at radius 1 is 1.14 bits per heavy atom. The van der Waals surface area contributed by atoms with Gasteiger partial charge in [0, 0.05) is 12.6 Å². The van der Waals surface area contributed by atoms with Crippen LogP contribution in [0.15, 0.2) is 59.9 Å². The highest BCUT2D eigenvalue weighted by molar-refractivity contribution is 7.78. The van der Waals surface area contributed by atoms with E-state index < -0.39 is 11.7 Å². The minimum Gasteiger partial charge on any atom is -0.497 e. The minimum absolute atomic E-state index is 0.110. The third-order valence-electron chi connectivity index (χ3n) is 4.16. The van der Waals surface area contributed by atoms with Crippen LogP contribution in [0, 0.1) is 0 Å². The predicted octanol–water partition coefficient (Wildman–Crippen LogP) is 5.28. The van der Waals surface area contributed by atoms with Gasteiger partial charge in [0.25, 0.3) is 0 Å². The molecule has 4 nitrogen and oxygen atoms in total. The summed E-state index contributed by atoms with van der Waals surface area (Å²) in [6.45, 7) is 0.512. The number of benzene rings is 2. The van der Waals surface area contributed by atoms with Crippen molar-refractivity contribution in [2.45, 2.75) is 19.1 Å². The van der Waals surface area contributed by atoms with Crippen LogP contribution in [0.25, 0.3) is 0 Å². The lowest BCUT2D eigenvalue weighted by molar-refractivity contribution is -0.138. The van der Waals surface area contributed by atoms with Gasteiger partial charge in [0.05, 0.1) is 36.3 Å². The molecule has 0 bridgehead atoms. The van der Waals surface area contributed by atoms with E-state index in [-0.39, 0.29) is 17.7 Å². The zero-order valence-corrected chi connectivity index (χ0v) is 15.7. The number of hydrogen-bond acceptors (Lipinski definition) is 4. The van der Waals surface area contributed by atoms with Gasteiger partial charge in [-0.05, 0) is 53.2 Å². The zero-order chi connectivity index (χ0) is 20.1. The molecule has 0 amide bonds. The lowest BCUT2D eigenvalue weighted by atomic mass is 10.0.